The van der Waals surface area contributed by atoms with Crippen LogP contribution in [-0.2, 0) is 19.6 Å². The Labute approximate surface area is 148 Å². The Morgan fingerprint density at radius 1 is 1.32 bits per heavy atom. The summed E-state index contributed by atoms with van der Waals surface area (Å²) in [4.78, 5) is 11.5. The summed E-state index contributed by atoms with van der Waals surface area (Å²) in [5, 5.41) is 0.714. The van der Waals surface area contributed by atoms with E-state index >= 15 is 0 Å². The summed E-state index contributed by atoms with van der Waals surface area (Å²) < 4.78 is 30.7. The van der Waals surface area contributed by atoms with Crippen molar-refractivity contribution in [2.75, 3.05) is 29.0 Å². The highest BCUT2D eigenvalue weighted by molar-refractivity contribution is 9.12. The van der Waals surface area contributed by atoms with Crippen LogP contribution in [0.3, 0.4) is 0 Å². The van der Waals surface area contributed by atoms with E-state index in [4.69, 9.17) is 0 Å². The Bertz CT molecular complexity index is 589. The molecule has 8 heteroatoms. The Hall–Kier alpha value is -0.600. The number of alkyl halides is 2. The average Bonchev–Trinajstić information content (AvgIpc) is 2.48. The SMILES string of the molecule is COC(=O)CS(=O)(=O)N(CCC(Br)CBr)c1ccc(C)cc1. The maximum absolute atomic E-state index is 12.5. The Morgan fingerprint density at radius 2 is 1.91 bits per heavy atom. The van der Waals surface area contributed by atoms with Gasteiger partial charge in [0.2, 0.25) is 10.0 Å². The molecule has 0 bridgehead atoms. The standard InChI is InChI=1S/C14H19Br2NO4S/c1-11-3-5-13(6-4-11)17(8-7-12(16)9-15)22(19,20)10-14(18)21-2/h3-6,12H,7-10H2,1-2H3. The molecule has 0 saturated heterocycles. The molecule has 22 heavy (non-hydrogen) atoms. The van der Waals surface area contributed by atoms with Crippen molar-refractivity contribution in [2.45, 2.75) is 18.2 Å². The Balaban J connectivity index is 3.04. The number of anilines is 1. The van der Waals surface area contributed by atoms with Crippen LogP contribution in [-0.4, -0.2) is 44.0 Å². The van der Waals surface area contributed by atoms with Gasteiger partial charge in [-0.15, -0.1) is 0 Å². The number of esters is 1. The van der Waals surface area contributed by atoms with E-state index in [2.05, 4.69) is 36.6 Å². The lowest BCUT2D eigenvalue weighted by atomic mass is 10.2. The monoisotopic (exact) mass is 455 g/mol. The van der Waals surface area contributed by atoms with Crippen molar-refractivity contribution in [1.82, 2.24) is 0 Å². The third-order valence-electron chi connectivity index (χ3n) is 3.00. The maximum atomic E-state index is 12.5. The normalized spacial score (nSPS) is 12.7. The second kappa shape index (κ2) is 8.88. The summed E-state index contributed by atoms with van der Waals surface area (Å²) in [5.41, 5.74) is 1.58. The second-order valence-electron chi connectivity index (χ2n) is 4.78. The molecule has 0 amide bonds. The van der Waals surface area contributed by atoms with Gasteiger partial charge in [0.05, 0.1) is 12.8 Å². The highest BCUT2D eigenvalue weighted by atomic mass is 79.9. The zero-order valence-electron chi connectivity index (χ0n) is 12.5. The molecule has 0 aromatic heterocycles. The number of rotatable bonds is 8. The lowest BCUT2D eigenvalue weighted by molar-refractivity contribution is -0.137. The molecular weight excluding hydrogens is 438 g/mol. The zero-order valence-corrected chi connectivity index (χ0v) is 16.4. The first kappa shape index (κ1) is 19.4. The van der Waals surface area contributed by atoms with Gasteiger partial charge in [0.15, 0.2) is 5.75 Å². The number of aryl methyl sites for hydroxylation is 1. The van der Waals surface area contributed by atoms with E-state index in [1.165, 1.54) is 11.4 Å². The van der Waals surface area contributed by atoms with Crippen molar-refractivity contribution in [1.29, 1.82) is 0 Å². The van der Waals surface area contributed by atoms with Crippen LogP contribution in [0.15, 0.2) is 24.3 Å². The van der Waals surface area contributed by atoms with Crippen LogP contribution in [0.5, 0.6) is 0 Å². The number of hydrogen-bond donors (Lipinski definition) is 0. The van der Waals surface area contributed by atoms with Crippen molar-refractivity contribution < 1.29 is 17.9 Å². The molecule has 0 radical (unpaired) electrons. The van der Waals surface area contributed by atoms with Crippen LogP contribution in [0.25, 0.3) is 0 Å². The van der Waals surface area contributed by atoms with Gasteiger partial charge in [-0.1, -0.05) is 49.6 Å². The number of hydrogen-bond acceptors (Lipinski definition) is 4. The van der Waals surface area contributed by atoms with Gasteiger partial charge in [-0.3, -0.25) is 9.10 Å². The number of carbonyl (C=O) groups excluding carboxylic acids is 1. The minimum absolute atomic E-state index is 0.147. The fourth-order valence-electron chi connectivity index (χ4n) is 1.76. The summed E-state index contributed by atoms with van der Waals surface area (Å²) in [6.45, 7) is 2.21. The number of benzene rings is 1. The molecular formula is C14H19Br2NO4S. The van der Waals surface area contributed by atoms with Crippen molar-refractivity contribution in [3.05, 3.63) is 29.8 Å². The third kappa shape index (κ3) is 5.89. The van der Waals surface area contributed by atoms with E-state index in [0.717, 1.165) is 5.56 Å². The van der Waals surface area contributed by atoms with Gasteiger partial charge in [-0.25, -0.2) is 8.42 Å². The van der Waals surface area contributed by atoms with Crippen molar-refractivity contribution in [2.24, 2.45) is 0 Å². The lowest BCUT2D eigenvalue weighted by Gasteiger charge is -2.25. The Morgan fingerprint density at radius 3 is 2.41 bits per heavy atom. The maximum Gasteiger partial charge on any atom is 0.322 e. The van der Waals surface area contributed by atoms with Gasteiger partial charge >= 0.3 is 5.97 Å². The van der Waals surface area contributed by atoms with Crippen molar-refractivity contribution in [3.63, 3.8) is 0 Å². The molecule has 1 aromatic rings. The van der Waals surface area contributed by atoms with Gasteiger partial charge in [-0.05, 0) is 25.5 Å². The minimum Gasteiger partial charge on any atom is -0.468 e. The zero-order chi connectivity index (χ0) is 16.8. The van der Waals surface area contributed by atoms with E-state index < -0.39 is 21.7 Å². The third-order valence-corrected chi connectivity index (χ3v) is 7.10. The van der Waals surface area contributed by atoms with E-state index in [1.54, 1.807) is 12.1 Å². The highest BCUT2D eigenvalue weighted by Gasteiger charge is 2.26. The molecule has 0 aliphatic heterocycles. The number of sulfonamides is 1. The lowest BCUT2D eigenvalue weighted by Crippen LogP contribution is -2.37. The summed E-state index contributed by atoms with van der Waals surface area (Å²) in [6.07, 6.45) is 0.611. The number of carbonyl (C=O) groups is 1. The van der Waals surface area contributed by atoms with Gasteiger partial charge < -0.3 is 4.74 Å². The van der Waals surface area contributed by atoms with Crippen LogP contribution < -0.4 is 4.31 Å². The molecule has 0 aliphatic rings. The van der Waals surface area contributed by atoms with E-state index in [0.29, 0.717) is 17.4 Å². The molecule has 1 rings (SSSR count). The molecule has 0 N–H and O–H groups in total. The van der Waals surface area contributed by atoms with E-state index in [-0.39, 0.29) is 11.4 Å². The number of nitrogens with zero attached hydrogens (tertiary/aromatic N) is 1. The number of halogens is 2. The predicted molar refractivity (Wildman–Crippen MR) is 95.5 cm³/mol. The van der Waals surface area contributed by atoms with Gasteiger partial charge in [0, 0.05) is 16.7 Å². The fourth-order valence-corrected chi connectivity index (χ4v) is 3.69. The number of methoxy groups -OCH3 is 1. The first-order chi connectivity index (χ1) is 10.3. The molecule has 0 fully saturated rings. The molecule has 0 spiro atoms. The second-order valence-corrected chi connectivity index (χ2v) is 8.62. The van der Waals surface area contributed by atoms with Crippen LogP contribution in [0, 0.1) is 6.92 Å². The number of ether oxygens (including phenoxy) is 1. The van der Waals surface area contributed by atoms with E-state index in [9.17, 15) is 13.2 Å². The van der Waals surface area contributed by atoms with Gasteiger partial charge in [0.25, 0.3) is 0 Å². The fraction of sp³-hybridized carbons (Fsp3) is 0.500. The van der Waals surface area contributed by atoms with Crippen LogP contribution in [0.2, 0.25) is 0 Å². The molecule has 0 heterocycles. The van der Waals surface area contributed by atoms with Crippen molar-refractivity contribution in [3.8, 4) is 0 Å². The van der Waals surface area contributed by atoms with Crippen LogP contribution >= 0.6 is 31.9 Å². The smallest absolute Gasteiger partial charge is 0.322 e. The summed E-state index contributed by atoms with van der Waals surface area (Å²) in [6, 6.07) is 7.15. The summed E-state index contributed by atoms with van der Waals surface area (Å²) >= 11 is 6.80. The molecule has 1 aromatic carbocycles. The quantitative estimate of drug-likeness (QED) is 0.445. The summed E-state index contributed by atoms with van der Waals surface area (Å²) in [7, 11) is -2.61. The first-order valence-electron chi connectivity index (χ1n) is 6.64. The van der Waals surface area contributed by atoms with Crippen LogP contribution in [0.1, 0.15) is 12.0 Å². The largest absolute Gasteiger partial charge is 0.468 e. The predicted octanol–water partition coefficient (Wildman–Crippen LogP) is 2.85. The molecule has 0 saturated carbocycles. The first-order valence-corrected chi connectivity index (χ1v) is 10.3. The van der Waals surface area contributed by atoms with Gasteiger partial charge in [-0.2, -0.15) is 0 Å². The topological polar surface area (TPSA) is 63.7 Å². The molecule has 0 aliphatic carbocycles. The molecule has 5 nitrogen and oxygen atoms in total. The minimum atomic E-state index is -3.78. The van der Waals surface area contributed by atoms with Crippen molar-refractivity contribution >= 4 is 53.5 Å². The summed E-state index contributed by atoms with van der Waals surface area (Å²) in [5.74, 6) is -1.44. The van der Waals surface area contributed by atoms with E-state index in [1.807, 2.05) is 19.1 Å². The van der Waals surface area contributed by atoms with Gasteiger partial charge in [0.1, 0.15) is 0 Å². The molecule has 124 valence electrons. The average molecular weight is 457 g/mol. The van der Waals surface area contributed by atoms with Crippen LogP contribution in [0.4, 0.5) is 5.69 Å². The molecule has 1 atom stereocenters. The Kier molecular flexibility index (Phi) is 7.85. The molecule has 1 unspecified atom stereocenters. The highest BCUT2D eigenvalue weighted by Crippen LogP contribution is 2.21.